The van der Waals surface area contributed by atoms with Crippen LogP contribution in [-0.2, 0) is 0 Å². The normalized spacial score (nSPS) is 17.4. The van der Waals surface area contributed by atoms with Crippen LogP contribution >= 0.6 is 11.3 Å². The van der Waals surface area contributed by atoms with Gasteiger partial charge in [0.2, 0.25) is 0 Å². The number of aromatic nitrogens is 2. The molecule has 1 aliphatic rings. The van der Waals surface area contributed by atoms with Crippen molar-refractivity contribution in [2.45, 2.75) is 39.3 Å². The quantitative estimate of drug-likeness (QED) is 0.916. The van der Waals surface area contributed by atoms with Gasteiger partial charge in [0, 0.05) is 17.5 Å². The average molecular weight is 304 g/mol. The summed E-state index contributed by atoms with van der Waals surface area (Å²) in [5, 5.41) is 12.8. The number of anilines is 1. The van der Waals surface area contributed by atoms with E-state index in [1.165, 1.54) is 10.4 Å². The van der Waals surface area contributed by atoms with E-state index >= 15 is 0 Å². The lowest BCUT2D eigenvalue weighted by Crippen LogP contribution is -2.31. The third-order valence-electron chi connectivity index (χ3n) is 3.67. The Hall–Kier alpha value is -1.82. The van der Waals surface area contributed by atoms with E-state index in [9.17, 15) is 4.79 Å². The van der Waals surface area contributed by atoms with Crippen LogP contribution in [0, 0.1) is 6.92 Å². The van der Waals surface area contributed by atoms with Gasteiger partial charge in [-0.05, 0) is 44.2 Å². The first kappa shape index (κ1) is 14.1. The molecule has 2 aromatic rings. The summed E-state index contributed by atoms with van der Waals surface area (Å²) in [5.41, 5.74) is 1.92. The molecule has 0 fully saturated rings. The number of rotatable bonds is 3. The zero-order chi connectivity index (χ0) is 15.0. The van der Waals surface area contributed by atoms with E-state index in [0.29, 0.717) is 5.56 Å². The Balaban J connectivity index is 1.96. The zero-order valence-corrected chi connectivity index (χ0v) is 13.3. The van der Waals surface area contributed by atoms with E-state index in [4.69, 9.17) is 0 Å². The molecule has 112 valence electrons. The van der Waals surface area contributed by atoms with Crippen molar-refractivity contribution in [1.29, 1.82) is 0 Å². The Morgan fingerprint density at radius 2 is 2.38 bits per heavy atom. The van der Waals surface area contributed by atoms with E-state index < -0.39 is 0 Å². The van der Waals surface area contributed by atoms with Crippen molar-refractivity contribution < 1.29 is 4.79 Å². The molecule has 1 aliphatic heterocycles. The molecule has 0 bridgehead atoms. The SMILES string of the molecule is Cc1ccsc1C1CCNc2c(C(=O)NC(C)C)cnn21. The number of carbonyl (C=O) groups excluding carboxylic acids is 1. The fraction of sp³-hybridized carbons (Fsp3) is 0.467. The molecule has 0 saturated carbocycles. The van der Waals surface area contributed by atoms with E-state index in [2.05, 4.69) is 34.1 Å². The number of fused-ring (bicyclic) bond motifs is 1. The monoisotopic (exact) mass is 304 g/mol. The molecule has 0 saturated heterocycles. The van der Waals surface area contributed by atoms with Gasteiger partial charge in [-0.25, -0.2) is 4.68 Å². The second kappa shape index (κ2) is 5.52. The van der Waals surface area contributed by atoms with Crippen molar-refractivity contribution in [3.05, 3.63) is 33.6 Å². The minimum atomic E-state index is -0.0673. The first-order valence-corrected chi connectivity index (χ1v) is 8.12. The lowest BCUT2D eigenvalue weighted by Gasteiger charge is -2.26. The molecule has 21 heavy (non-hydrogen) atoms. The molecule has 1 amide bonds. The fourth-order valence-corrected chi connectivity index (χ4v) is 3.75. The molecule has 2 aromatic heterocycles. The molecule has 0 spiro atoms. The molecule has 1 atom stereocenters. The fourth-order valence-electron chi connectivity index (χ4n) is 2.70. The molecule has 0 radical (unpaired) electrons. The molecule has 3 heterocycles. The number of nitrogens with one attached hydrogen (secondary N) is 2. The standard InChI is InChI=1S/C15H20N4OS/c1-9(2)18-15(20)11-8-17-19-12(4-6-16-14(11)19)13-10(3)5-7-21-13/h5,7-9,12,16H,4,6H2,1-3H3,(H,18,20). The van der Waals surface area contributed by atoms with Gasteiger partial charge in [-0.1, -0.05) is 0 Å². The second-order valence-corrected chi connectivity index (χ2v) is 6.63. The minimum Gasteiger partial charge on any atom is -0.369 e. The van der Waals surface area contributed by atoms with Crippen LogP contribution in [0.4, 0.5) is 5.82 Å². The number of amides is 1. The van der Waals surface area contributed by atoms with E-state index in [-0.39, 0.29) is 18.0 Å². The molecule has 1 unspecified atom stereocenters. The van der Waals surface area contributed by atoms with Crippen molar-refractivity contribution in [2.24, 2.45) is 0 Å². The van der Waals surface area contributed by atoms with Crippen LogP contribution in [0.5, 0.6) is 0 Å². The highest BCUT2D eigenvalue weighted by Crippen LogP contribution is 2.35. The second-order valence-electron chi connectivity index (χ2n) is 5.68. The highest BCUT2D eigenvalue weighted by molar-refractivity contribution is 7.10. The number of thiophene rings is 1. The van der Waals surface area contributed by atoms with E-state index in [1.807, 2.05) is 18.5 Å². The lowest BCUT2D eigenvalue weighted by molar-refractivity contribution is 0.0944. The van der Waals surface area contributed by atoms with Crippen LogP contribution in [0.25, 0.3) is 0 Å². The van der Waals surface area contributed by atoms with Gasteiger partial charge >= 0.3 is 0 Å². The summed E-state index contributed by atoms with van der Waals surface area (Å²) in [6.45, 7) is 6.90. The topological polar surface area (TPSA) is 59.0 Å². The number of hydrogen-bond donors (Lipinski definition) is 2. The molecular weight excluding hydrogens is 284 g/mol. The predicted molar refractivity (Wildman–Crippen MR) is 85.1 cm³/mol. The van der Waals surface area contributed by atoms with Crippen LogP contribution in [0.2, 0.25) is 0 Å². The van der Waals surface area contributed by atoms with Crippen molar-refractivity contribution in [1.82, 2.24) is 15.1 Å². The number of aryl methyl sites for hydroxylation is 1. The van der Waals surface area contributed by atoms with Crippen LogP contribution in [0.3, 0.4) is 0 Å². The zero-order valence-electron chi connectivity index (χ0n) is 12.5. The molecule has 5 nitrogen and oxygen atoms in total. The van der Waals surface area contributed by atoms with Crippen LogP contribution in [0.15, 0.2) is 17.6 Å². The Kier molecular flexibility index (Phi) is 3.71. The Morgan fingerprint density at radius 1 is 1.57 bits per heavy atom. The number of carbonyl (C=O) groups is 1. The van der Waals surface area contributed by atoms with Crippen LogP contribution in [0.1, 0.15) is 47.1 Å². The van der Waals surface area contributed by atoms with Gasteiger partial charge in [0.25, 0.3) is 5.91 Å². The lowest BCUT2D eigenvalue weighted by atomic mass is 10.1. The van der Waals surface area contributed by atoms with Gasteiger partial charge in [0.15, 0.2) is 0 Å². The highest BCUT2D eigenvalue weighted by atomic mass is 32.1. The van der Waals surface area contributed by atoms with Gasteiger partial charge in [-0.3, -0.25) is 4.79 Å². The maximum Gasteiger partial charge on any atom is 0.256 e. The number of hydrogen-bond acceptors (Lipinski definition) is 4. The Bertz CT molecular complexity index is 658. The summed E-state index contributed by atoms with van der Waals surface area (Å²) in [6.07, 6.45) is 2.66. The van der Waals surface area contributed by atoms with Crippen LogP contribution < -0.4 is 10.6 Å². The van der Waals surface area contributed by atoms with Crippen LogP contribution in [-0.4, -0.2) is 28.3 Å². The van der Waals surface area contributed by atoms with E-state index in [0.717, 1.165) is 18.8 Å². The van der Waals surface area contributed by atoms with Crippen molar-refractivity contribution >= 4 is 23.1 Å². The van der Waals surface area contributed by atoms with Crippen molar-refractivity contribution in [2.75, 3.05) is 11.9 Å². The Labute approximate surface area is 128 Å². The smallest absolute Gasteiger partial charge is 0.256 e. The minimum absolute atomic E-state index is 0.0673. The summed E-state index contributed by atoms with van der Waals surface area (Å²) in [7, 11) is 0. The Morgan fingerprint density at radius 3 is 3.05 bits per heavy atom. The number of nitrogens with zero attached hydrogens (tertiary/aromatic N) is 2. The van der Waals surface area contributed by atoms with E-state index in [1.54, 1.807) is 17.5 Å². The molecule has 2 N–H and O–H groups in total. The summed E-state index contributed by atoms with van der Waals surface area (Å²) >= 11 is 1.76. The summed E-state index contributed by atoms with van der Waals surface area (Å²) < 4.78 is 1.96. The van der Waals surface area contributed by atoms with Crippen molar-refractivity contribution in [3.63, 3.8) is 0 Å². The highest BCUT2D eigenvalue weighted by Gasteiger charge is 2.28. The third kappa shape index (κ3) is 2.55. The largest absolute Gasteiger partial charge is 0.369 e. The van der Waals surface area contributed by atoms with Gasteiger partial charge in [0.05, 0.1) is 12.2 Å². The first-order chi connectivity index (χ1) is 10.1. The summed E-state index contributed by atoms with van der Waals surface area (Å²) in [4.78, 5) is 13.6. The third-order valence-corrected chi connectivity index (χ3v) is 4.79. The summed E-state index contributed by atoms with van der Waals surface area (Å²) in [5.74, 6) is 0.763. The first-order valence-electron chi connectivity index (χ1n) is 7.24. The molecular formula is C15H20N4OS. The average Bonchev–Trinajstić information content (AvgIpc) is 3.03. The molecule has 6 heteroatoms. The molecule has 3 rings (SSSR count). The maximum absolute atomic E-state index is 12.2. The predicted octanol–water partition coefficient (Wildman–Crippen LogP) is 2.80. The van der Waals surface area contributed by atoms with Gasteiger partial charge in [0.1, 0.15) is 11.4 Å². The van der Waals surface area contributed by atoms with Gasteiger partial charge < -0.3 is 10.6 Å². The van der Waals surface area contributed by atoms with Gasteiger partial charge in [-0.15, -0.1) is 11.3 Å². The molecule has 0 aromatic carbocycles. The molecule has 0 aliphatic carbocycles. The maximum atomic E-state index is 12.2. The van der Waals surface area contributed by atoms with Gasteiger partial charge in [-0.2, -0.15) is 5.10 Å². The van der Waals surface area contributed by atoms with Crippen molar-refractivity contribution in [3.8, 4) is 0 Å². The summed E-state index contributed by atoms with van der Waals surface area (Å²) in [6, 6.07) is 2.48.